The van der Waals surface area contributed by atoms with Crippen LogP contribution >= 0.6 is 0 Å². The Hall–Kier alpha value is -1.83. The number of hydrogen-bond donors (Lipinski definition) is 3. The van der Waals surface area contributed by atoms with Crippen molar-refractivity contribution >= 4 is 18.0 Å². The highest BCUT2D eigenvalue weighted by molar-refractivity contribution is 5.79. The molecule has 0 aromatic heterocycles. The quantitative estimate of drug-likeness (QED) is 0.395. The van der Waals surface area contributed by atoms with Crippen molar-refractivity contribution in [3.63, 3.8) is 0 Å². The molecule has 0 aliphatic rings. The fourth-order valence-corrected chi connectivity index (χ4v) is 1.25. The molecule has 0 heterocycles. The average molecular weight is 276 g/mol. The molecule has 0 fully saturated rings. The van der Waals surface area contributed by atoms with E-state index in [4.69, 9.17) is 10.8 Å². The molecule has 0 saturated heterocycles. The summed E-state index contributed by atoms with van der Waals surface area (Å²) >= 11 is 0. The van der Waals surface area contributed by atoms with Crippen molar-refractivity contribution in [2.24, 2.45) is 5.73 Å². The van der Waals surface area contributed by atoms with Gasteiger partial charge in [0.2, 0.25) is 0 Å². The Bertz CT molecular complexity index is 308. The van der Waals surface area contributed by atoms with E-state index in [2.05, 4.69) is 14.8 Å². The van der Waals surface area contributed by atoms with Gasteiger partial charge in [0, 0.05) is 6.92 Å². The minimum atomic E-state index is -1.13. The number of ether oxygens (including phenoxy) is 2. The summed E-state index contributed by atoms with van der Waals surface area (Å²) in [6.45, 7) is 1.52. The van der Waals surface area contributed by atoms with Gasteiger partial charge < -0.3 is 25.6 Å². The number of nitrogens with one attached hydrogen (secondary N) is 1. The number of alkyl carbamates (subject to hydrolysis) is 1. The van der Waals surface area contributed by atoms with Crippen molar-refractivity contribution in [3.05, 3.63) is 0 Å². The molecule has 8 heteroatoms. The van der Waals surface area contributed by atoms with Crippen LogP contribution < -0.4 is 11.1 Å². The molecular weight excluding hydrogens is 256 g/mol. The van der Waals surface area contributed by atoms with Gasteiger partial charge in [0.25, 0.3) is 0 Å². The molecule has 19 heavy (non-hydrogen) atoms. The summed E-state index contributed by atoms with van der Waals surface area (Å²) in [5.41, 5.74) is 5.30. The van der Waals surface area contributed by atoms with E-state index in [1.807, 2.05) is 0 Å². The maximum Gasteiger partial charge on any atom is 0.407 e. The zero-order valence-corrected chi connectivity index (χ0v) is 10.9. The molecule has 0 radical (unpaired) electrons. The second-order valence-electron chi connectivity index (χ2n) is 3.80. The van der Waals surface area contributed by atoms with Crippen molar-refractivity contribution in [1.29, 1.82) is 0 Å². The lowest BCUT2D eigenvalue weighted by atomic mass is 10.1. The number of carbonyl (C=O) groups is 3. The van der Waals surface area contributed by atoms with Crippen LogP contribution in [-0.2, 0) is 19.1 Å². The van der Waals surface area contributed by atoms with Crippen LogP contribution in [0, 0.1) is 0 Å². The normalized spacial score (nSPS) is 11.5. The first-order valence-corrected chi connectivity index (χ1v) is 5.97. The Kier molecular flexibility index (Phi) is 9.15. The fraction of sp³-hybridized carbons (Fsp3) is 0.727. The third-order valence-electron chi connectivity index (χ3n) is 2.16. The molecule has 4 N–H and O–H groups in total. The van der Waals surface area contributed by atoms with Crippen LogP contribution in [0.15, 0.2) is 0 Å². The predicted octanol–water partition coefficient (Wildman–Crippen LogP) is -0.142. The molecule has 0 spiro atoms. The van der Waals surface area contributed by atoms with E-state index in [0.29, 0.717) is 19.4 Å². The zero-order chi connectivity index (χ0) is 14.7. The van der Waals surface area contributed by atoms with Crippen LogP contribution in [0.4, 0.5) is 4.79 Å². The first kappa shape index (κ1) is 17.2. The lowest BCUT2D eigenvalue weighted by molar-refractivity contribution is -0.141. The topological polar surface area (TPSA) is 128 Å². The third kappa shape index (κ3) is 9.83. The van der Waals surface area contributed by atoms with Crippen LogP contribution in [0.3, 0.4) is 0 Å². The summed E-state index contributed by atoms with van der Waals surface area (Å²) in [6.07, 6.45) is 0.715. The predicted molar refractivity (Wildman–Crippen MR) is 65.4 cm³/mol. The Morgan fingerprint density at radius 3 is 2.37 bits per heavy atom. The molecule has 0 unspecified atom stereocenters. The van der Waals surface area contributed by atoms with Gasteiger partial charge in [-0.25, -0.2) is 9.59 Å². The largest absolute Gasteiger partial charge is 0.480 e. The van der Waals surface area contributed by atoms with Crippen molar-refractivity contribution in [2.75, 3.05) is 19.8 Å². The molecule has 8 nitrogen and oxygen atoms in total. The molecular formula is C11H20N2O6. The highest BCUT2D eigenvalue weighted by Gasteiger charge is 2.19. The highest BCUT2D eigenvalue weighted by Crippen LogP contribution is 2.01. The summed E-state index contributed by atoms with van der Waals surface area (Å²) in [5, 5.41) is 11.1. The van der Waals surface area contributed by atoms with Crippen molar-refractivity contribution in [3.8, 4) is 0 Å². The smallest absolute Gasteiger partial charge is 0.407 e. The van der Waals surface area contributed by atoms with Gasteiger partial charge in [0.05, 0.1) is 0 Å². The number of aliphatic carboxylic acids is 1. The zero-order valence-electron chi connectivity index (χ0n) is 10.9. The average Bonchev–Trinajstić information content (AvgIpc) is 2.33. The molecule has 0 aliphatic carbocycles. The van der Waals surface area contributed by atoms with Gasteiger partial charge in [0.15, 0.2) is 0 Å². The Morgan fingerprint density at radius 1 is 1.21 bits per heavy atom. The number of esters is 1. The molecule has 0 aromatic rings. The molecule has 0 saturated carbocycles. The number of carboxylic acids is 1. The number of unbranched alkanes of at least 4 members (excludes halogenated alkanes) is 1. The van der Waals surface area contributed by atoms with E-state index in [-0.39, 0.29) is 19.6 Å². The van der Waals surface area contributed by atoms with E-state index in [9.17, 15) is 14.4 Å². The summed E-state index contributed by atoms with van der Waals surface area (Å²) in [4.78, 5) is 32.6. The lowest BCUT2D eigenvalue weighted by Gasteiger charge is -2.14. The first-order valence-electron chi connectivity index (χ1n) is 5.97. The van der Waals surface area contributed by atoms with Crippen LogP contribution in [-0.4, -0.2) is 48.9 Å². The van der Waals surface area contributed by atoms with Gasteiger partial charge in [-0.1, -0.05) is 0 Å². The second-order valence-corrected chi connectivity index (χ2v) is 3.80. The first-order chi connectivity index (χ1) is 8.97. The van der Waals surface area contributed by atoms with Gasteiger partial charge in [0.1, 0.15) is 19.3 Å². The Labute approximate surface area is 111 Å². The summed E-state index contributed by atoms with van der Waals surface area (Å²) < 4.78 is 9.21. The van der Waals surface area contributed by atoms with E-state index in [1.54, 1.807) is 0 Å². The van der Waals surface area contributed by atoms with Crippen LogP contribution in [0.1, 0.15) is 26.2 Å². The van der Waals surface area contributed by atoms with Gasteiger partial charge >= 0.3 is 18.0 Å². The van der Waals surface area contributed by atoms with Crippen molar-refractivity contribution < 1.29 is 29.0 Å². The molecule has 0 aromatic carbocycles. The number of hydrogen-bond acceptors (Lipinski definition) is 6. The Morgan fingerprint density at radius 2 is 1.84 bits per heavy atom. The van der Waals surface area contributed by atoms with E-state index in [1.165, 1.54) is 6.92 Å². The van der Waals surface area contributed by atoms with E-state index in [0.717, 1.165) is 0 Å². The monoisotopic (exact) mass is 276 g/mol. The molecule has 0 aliphatic heterocycles. The summed E-state index contributed by atoms with van der Waals surface area (Å²) in [5.74, 6) is -1.61. The van der Waals surface area contributed by atoms with Crippen LogP contribution in [0.2, 0.25) is 0 Å². The van der Waals surface area contributed by atoms with Gasteiger partial charge in [-0.2, -0.15) is 0 Å². The number of rotatable bonds is 9. The van der Waals surface area contributed by atoms with Gasteiger partial charge in [-0.05, 0) is 25.8 Å². The van der Waals surface area contributed by atoms with E-state index < -0.39 is 24.1 Å². The molecule has 1 amide bonds. The molecule has 0 rings (SSSR count). The maximum absolute atomic E-state index is 11.3. The number of amides is 1. The van der Waals surface area contributed by atoms with Crippen LogP contribution in [0.5, 0.6) is 0 Å². The van der Waals surface area contributed by atoms with E-state index >= 15 is 0 Å². The van der Waals surface area contributed by atoms with Crippen molar-refractivity contribution in [1.82, 2.24) is 5.32 Å². The van der Waals surface area contributed by atoms with Crippen molar-refractivity contribution in [2.45, 2.75) is 32.2 Å². The Balaban J connectivity index is 3.89. The molecule has 110 valence electrons. The van der Waals surface area contributed by atoms with Crippen LogP contribution in [0.25, 0.3) is 0 Å². The number of nitrogens with two attached hydrogens (primary N) is 1. The third-order valence-corrected chi connectivity index (χ3v) is 2.16. The summed E-state index contributed by atoms with van der Waals surface area (Å²) in [6, 6.07) is -1.01. The summed E-state index contributed by atoms with van der Waals surface area (Å²) in [7, 11) is 0. The second kappa shape index (κ2) is 10.1. The highest BCUT2D eigenvalue weighted by atomic mass is 16.6. The molecule has 1 atom stereocenters. The molecule has 0 bridgehead atoms. The lowest BCUT2D eigenvalue weighted by Crippen LogP contribution is -2.41. The SMILES string of the molecule is CC(=O)OCCOC(=O)N[C@@H](CCCCN)C(=O)O. The fourth-order valence-electron chi connectivity index (χ4n) is 1.25. The number of carboxylic acid groups (broad SMARTS) is 1. The number of carbonyl (C=O) groups excluding carboxylic acids is 2. The maximum atomic E-state index is 11.3. The van der Waals surface area contributed by atoms with Gasteiger partial charge in [-0.15, -0.1) is 0 Å². The minimum absolute atomic E-state index is 0.0618. The minimum Gasteiger partial charge on any atom is -0.480 e. The standard InChI is InChI=1S/C11H20N2O6/c1-8(14)18-6-7-19-11(17)13-9(10(15)16)4-2-3-5-12/h9H,2-7,12H2,1H3,(H,13,17)(H,15,16)/t9-/m0/s1. The van der Waals surface area contributed by atoms with Gasteiger partial charge in [-0.3, -0.25) is 4.79 Å².